The first kappa shape index (κ1) is 25.2. The average Bonchev–Trinajstić information content (AvgIpc) is 3.61. The molecular formula is C31H33N3O5. The van der Waals surface area contributed by atoms with Gasteiger partial charge in [0.2, 0.25) is 18.6 Å². The third-order valence-electron chi connectivity index (χ3n) is 7.88. The van der Waals surface area contributed by atoms with Crippen molar-refractivity contribution in [2.24, 2.45) is 11.8 Å². The maximum atomic E-state index is 13.4. The average molecular weight is 528 g/mol. The van der Waals surface area contributed by atoms with Gasteiger partial charge in [-0.1, -0.05) is 24.3 Å². The van der Waals surface area contributed by atoms with Crippen LogP contribution in [0.4, 0.5) is 5.69 Å². The molecule has 202 valence electrons. The summed E-state index contributed by atoms with van der Waals surface area (Å²) in [5.41, 5.74) is 5.44. The Morgan fingerprint density at radius 1 is 0.846 bits per heavy atom. The summed E-state index contributed by atoms with van der Waals surface area (Å²) in [4.78, 5) is 28.9. The van der Waals surface area contributed by atoms with Crippen LogP contribution in [0.5, 0.6) is 17.2 Å². The minimum Gasteiger partial charge on any atom is -0.508 e. The van der Waals surface area contributed by atoms with Crippen LogP contribution in [0.15, 0.2) is 60.7 Å². The van der Waals surface area contributed by atoms with Crippen molar-refractivity contribution in [3.8, 4) is 17.2 Å². The number of phenols is 1. The van der Waals surface area contributed by atoms with Crippen LogP contribution >= 0.6 is 0 Å². The van der Waals surface area contributed by atoms with Crippen molar-refractivity contribution < 1.29 is 24.2 Å². The first-order valence-electron chi connectivity index (χ1n) is 13.6. The number of ether oxygens (including phenoxy) is 2. The molecule has 2 atom stereocenters. The lowest BCUT2D eigenvalue weighted by Gasteiger charge is -2.36. The van der Waals surface area contributed by atoms with Crippen LogP contribution < -0.4 is 20.1 Å². The Morgan fingerprint density at radius 3 is 2.44 bits per heavy atom. The molecule has 8 heteroatoms. The summed E-state index contributed by atoms with van der Waals surface area (Å²) < 4.78 is 10.8. The minimum atomic E-state index is -0.333. The van der Waals surface area contributed by atoms with Crippen molar-refractivity contribution in [2.45, 2.75) is 38.8 Å². The summed E-state index contributed by atoms with van der Waals surface area (Å²) in [6.45, 7) is 2.28. The second-order valence-electron chi connectivity index (χ2n) is 10.7. The van der Waals surface area contributed by atoms with Gasteiger partial charge in [0, 0.05) is 31.9 Å². The standard InChI is InChI=1S/C31H33N3O5/c35-27-9-4-20(5-10-27)16-34-17-24(30(36)32-15-21-6-11-28-29(12-21)39-19-38-28)13-25(18-34)31(37)33-26-8-7-22-2-1-3-23(22)14-26/h4-12,14,24-25,35H,1-3,13,15-19H2,(H,32,36)(H,33,37)/t24-,25+/m0/s1. The number of fused-ring (bicyclic) bond motifs is 2. The van der Waals surface area contributed by atoms with Crippen molar-refractivity contribution >= 4 is 17.5 Å². The van der Waals surface area contributed by atoms with Gasteiger partial charge in [0.05, 0.1) is 11.8 Å². The number of hydrogen-bond donors (Lipinski definition) is 3. The van der Waals surface area contributed by atoms with E-state index in [-0.39, 0.29) is 36.2 Å². The molecule has 0 aromatic heterocycles. The van der Waals surface area contributed by atoms with E-state index in [4.69, 9.17) is 9.47 Å². The molecule has 0 bridgehead atoms. The molecule has 1 aliphatic carbocycles. The molecular weight excluding hydrogens is 494 g/mol. The molecule has 2 heterocycles. The Bertz CT molecular complexity index is 1370. The number of piperidine rings is 1. The Morgan fingerprint density at radius 2 is 1.59 bits per heavy atom. The van der Waals surface area contributed by atoms with E-state index in [0.29, 0.717) is 44.1 Å². The molecule has 0 unspecified atom stereocenters. The van der Waals surface area contributed by atoms with Gasteiger partial charge in [-0.15, -0.1) is 0 Å². The van der Waals surface area contributed by atoms with E-state index in [0.717, 1.165) is 36.1 Å². The normalized spacial score (nSPS) is 19.9. The lowest BCUT2D eigenvalue weighted by molar-refractivity contribution is -0.130. The SMILES string of the molecule is O=C(NCc1ccc2c(c1)OCO2)[C@H]1C[C@@H](C(=O)Nc2ccc3c(c2)CCC3)CN(Cc2ccc(O)cc2)C1. The molecule has 2 aliphatic heterocycles. The topological polar surface area (TPSA) is 100 Å². The molecule has 2 amide bonds. The number of hydrogen-bond acceptors (Lipinski definition) is 6. The largest absolute Gasteiger partial charge is 0.508 e. The second-order valence-corrected chi connectivity index (χ2v) is 10.7. The third-order valence-corrected chi connectivity index (χ3v) is 7.88. The number of anilines is 1. The fraction of sp³-hybridized carbons (Fsp3) is 0.355. The summed E-state index contributed by atoms with van der Waals surface area (Å²) >= 11 is 0. The zero-order chi connectivity index (χ0) is 26.8. The lowest BCUT2D eigenvalue weighted by atomic mass is 9.87. The highest BCUT2D eigenvalue weighted by Crippen LogP contribution is 2.33. The summed E-state index contributed by atoms with van der Waals surface area (Å²) in [6, 6.07) is 18.9. The Kier molecular flexibility index (Phi) is 7.11. The van der Waals surface area contributed by atoms with E-state index in [1.165, 1.54) is 11.1 Å². The Balaban J connectivity index is 1.14. The van der Waals surface area contributed by atoms with Crippen LogP contribution in [0.2, 0.25) is 0 Å². The fourth-order valence-electron chi connectivity index (χ4n) is 5.84. The summed E-state index contributed by atoms with van der Waals surface area (Å²) in [6.07, 6.45) is 3.79. The van der Waals surface area contributed by atoms with Crippen LogP contribution in [-0.2, 0) is 35.5 Å². The first-order chi connectivity index (χ1) is 19.0. The number of nitrogens with one attached hydrogen (secondary N) is 2. The van der Waals surface area contributed by atoms with E-state index in [1.807, 2.05) is 36.4 Å². The van der Waals surface area contributed by atoms with Gasteiger partial charge in [-0.25, -0.2) is 0 Å². The van der Waals surface area contributed by atoms with E-state index < -0.39 is 0 Å². The molecule has 0 spiro atoms. The third kappa shape index (κ3) is 5.86. The monoisotopic (exact) mass is 527 g/mol. The first-order valence-corrected chi connectivity index (χ1v) is 13.6. The van der Waals surface area contributed by atoms with Gasteiger partial charge < -0.3 is 25.2 Å². The van der Waals surface area contributed by atoms with Gasteiger partial charge in [0.15, 0.2) is 11.5 Å². The predicted octanol–water partition coefficient (Wildman–Crippen LogP) is 4.00. The highest BCUT2D eigenvalue weighted by atomic mass is 16.7. The fourth-order valence-corrected chi connectivity index (χ4v) is 5.84. The molecule has 39 heavy (non-hydrogen) atoms. The van der Waals surface area contributed by atoms with Crippen molar-refractivity contribution in [1.82, 2.24) is 10.2 Å². The van der Waals surface area contributed by atoms with Crippen LogP contribution in [0.25, 0.3) is 0 Å². The number of aryl methyl sites for hydroxylation is 2. The van der Waals surface area contributed by atoms with Crippen molar-refractivity contribution in [3.05, 3.63) is 82.9 Å². The van der Waals surface area contributed by atoms with E-state index in [9.17, 15) is 14.7 Å². The highest BCUT2D eigenvalue weighted by molar-refractivity contribution is 5.93. The smallest absolute Gasteiger partial charge is 0.231 e. The van der Waals surface area contributed by atoms with Gasteiger partial charge in [0.1, 0.15) is 5.75 Å². The quantitative estimate of drug-likeness (QED) is 0.430. The zero-order valence-corrected chi connectivity index (χ0v) is 21.8. The van der Waals surface area contributed by atoms with Gasteiger partial charge in [-0.05, 0) is 84.3 Å². The number of carbonyl (C=O) groups excluding carboxylic acids is 2. The Labute approximate surface area is 227 Å². The molecule has 6 rings (SSSR count). The van der Waals surface area contributed by atoms with Crippen LogP contribution in [0.3, 0.4) is 0 Å². The van der Waals surface area contributed by atoms with Crippen molar-refractivity contribution in [1.29, 1.82) is 0 Å². The molecule has 0 radical (unpaired) electrons. The molecule has 0 saturated carbocycles. The van der Waals surface area contributed by atoms with Crippen LogP contribution in [-0.4, -0.2) is 41.7 Å². The number of amides is 2. The van der Waals surface area contributed by atoms with Crippen molar-refractivity contribution in [3.63, 3.8) is 0 Å². The number of rotatable bonds is 7. The molecule has 3 aromatic carbocycles. The summed E-state index contributed by atoms with van der Waals surface area (Å²) in [5, 5.41) is 15.8. The number of likely N-dealkylation sites (tertiary alicyclic amines) is 1. The van der Waals surface area contributed by atoms with Gasteiger partial charge in [-0.3, -0.25) is 14.5 Å². The molecule has 3 aromatic rings. The predicted molar refractivity (Wildman–Crippen MR) is 146 cm³/mol. The number of nitrogens with zero attached hydrogens (tertiary/aromatic N) is 1. The van der Waals surface area contributed by atoms with E-state index >= 15 is 0 Å². The second kappa shape index (κ2) is 11.0. The van der Waals surface area contributed by atoms with Gasteiger partial charge >= 0.3 is 0 Å². The number of phenolic OH excluding ortho intramolecular Hbond substituents is 1. The number of aromatic hydroxyl groups is 1. The zero-order valence-electron chi connectivity index (χ0n) is 21.8. The minimum absolute atomic E-state index is 0.0584. The number of benzene rings is 3. The van der Waals surface area contributed by atoms with Crippen LogP contribution in [0, 0.1) is 11.8 Å². The summed E-state index contributed by atoms with van der Waals surface area (Å²) in [5.74, 6) is 0.813. The van der Waals surface area contributed by atoms with E-state index in [2.05, 4.69) is 27.7 Å². The maximum absolute atomic E-state index is 13.4. The van der Waals surface area contributed by atoms with Gasteiger partial charge in [-0.2, -0.15) is 0 Å². The molecule has 3 aliphatic rings. The summed E-state index contributed by atoms with van der Waals surface area (Å²) in [7, 11) is 0. The molecule has 3 N–H and O–H groups in total. The number of carbonyl (C=O) groups is 2. The van der Waals surface area contributed by atoms with Crippen LogP contribution in [0.1, 0.15) is 35.1 Å². The maximum Gasteiger partial charge on any atom is 0.231 e. The van der Waals surface area contributed by atoms with Gasteiger partial charge in [0.25, 0.3) is 0 Å². The Hall–Kier alpha value is -4.04. The molecule has 1 saturated heterocycles. The highest BCUT2D eigenvalue weighted by Gasteiger charge is 2.35. The molecule has 1 fully saturated rings. The van der Waals surface area contributed by atoms with Crippen molar-refractivity contribution in [2.75, 3.05) is 25.2 Å². The lowest BCUT2D eigenvalue weighted by Crippen LogP contribution is -2.48. The molecule has 8 nitrogen and oxygen atoms in total. The van der Waals surface area contributed by atoms with E-state index in [1.54, 1.807) is 12.1 Å².